The van der Waals surface area contributed by atoms with E-state index in [1.807, 2.05) is 64.1 Å². The summed E-state index contributed by atoms with van der Waals surface area (Å²) >= 11 is 7.26. The number of amides is 2. The number of para-hydroxylation sites is 1. The molecule has 0 spiro atoms. The number of thiocarbonyl (C=S) groups is 1. The number of aromatic nitrogens is 1. The Morgan fingerprint density at radius 3 is 2.50 bits per heavy atom. The molecule has 1 aliphatic carbocycles. The van der Waals surface area contributed by atoms with Crippen molar-refractivity contribution >= 4 is 58.2 Å². The minimum Gasteiger partial charge on any atom is -0.462 e. The number of rotatable bonds is 7. The molecule has 7 nitrogen and oxygen atoms in total. The Kier molecular flexibility index (Phi) is 8.05. The second-order valence-corrected chi connectivity index (χ2v) is 11.5. The highest BCUT2D eigenvalue weighted by atomic mass is 32.1. The molecule has 0 saturated carbocycles. The van der Waals surface area contributed by atoms with Crippen molar-refractivity contribution in [3.63, 3.8) is 0 Å². The minimum absolute atomic E-state index is 0.0576. The van der Waals surface area contributed by atoms with Gasteiger partial charge in [-0.1, -0.05) is 25.1 Å². The lowest BCUT2D eigenvalue weighted by molar-refractivity contribution is -0.127. The van der Waals surface area contributed by atoms with Gasteiger partial charge >= 0.3 is 5.97 Å². The fourth-order valence-electron chi connectivity index (χ4n) is 5.53. The molecule has 1 saturated heterocycles. The first kappa shape index (κ1) is 28.0. The molecule has 0 radical (unpaired) electrons. The number of carbonyl (C=O) groups is 3. The predicted molar refractivity (Wildman–Crippen MR) is 162 cm³/mol. The van der Waals surface area contributed by atoms with Gasteiger partial charge in [0, 0.05) is 22.8 Å². The van der Waals surface area contributed by atoms with Crippen molar-refractivity contribution in [2.24, 2.45) is 0 Å². The van der Waals surface area contributed by atoms with E-state index in [9.17, 15) is 14.4 Å². The van der Waals surface area contributed by atoms with Gasteiger partial charge in [0.15, 0.2) is 5.11 Å². The van der Waals surface area contributed by atoms with Gasteiger partial charge in [0.25, 0.3) is 11.8 Å². The minimum atomic E-state index is -0.447. The van der Waals surface area contributed by atoms with E-state index >= 15 is 0 Å². The molecule has 0 unspecified atom stereocenters. The van der Waals surface area contributed by atoms with Crippen LogP contribution in [0.2, 0.25) is 0 Å². The number of benzene rings is 1. The molecule has 3 heterocycles. The molecular formula is C31H33N3O4S2. The highest BCUT2D eigenvalue weighted by Gasteiger charge is 2.40. The molecule has 208 valence electrons. The summed E-state index contributed by atoms with van der Waals surface area (Å²) in [6.07, 6.45) is 6.34. The Bertz CT molecular complexity index is 1530. The summed E-state index contributed by atoms with van der Waals surface area (Å²) in [7, 11) is 0. The molecule has 0 bridgehead atoms. The second-order valence-electron chi connectivity index (χ2n) is 10.0. The summed E-state index contributed by atoms with van der Waals surface area (Å²) in [6.45, 7) is 8.43. The smallest absolute Gasteiger partial charge is 0.341 e. The molecule has 3 aromatic rings. The number of thiophene rings is 1. The van der Waals surface area contributed by atoms with Crippen LogP contribution in [0.4, 0.5) is 5.69 Å². The Morgan fingerprint density at radius 1 is 1.07 bits per heavy atom. The van der Waals surface area contributed by atoms with Gasteiger partial charge in [0.1, 0.15) is 10.6 Å². The number of anilines is 1. The lowest BCUT2D eigenvalue weighted by Crippen LogP contribution is -2.56. The van der Waals surface area contributed by atoms with E-state index < -0.39 is 11.8 Å². The summed E-state index contributed by atoms with van der Waals surface area (Å²) < 4.78 is 7.54. The fraction of sp³-hybridized carbons (Fsp3) is 0.355. The maximum atomic E-state index is 13.8. The number of fused-ring (bicyclic) bond motifs is 1. The number of hydrogen-bond donors (Lipinski definition) is 0. The zero-order chi connectivity index (χ0) is 28.6. The second kappa shape index (κ2) is 11.5. The van der Waals surface area contributed by atoms with E-state index in [0.717, 1.165) is 53.2 Å². The van der Waals surface area contributed by atoms with Gasteiger partial charge in [0.2, 0.25) is 0 Å². The van der Waals surface area contributed by atoms with Crippen molar-refractivity contribution < 1.29 is 19.1 Å². The molecule has 9 heteroatoms. The van der Waals surface area contributed by atoms with Crippen molar-refractivity contribution in [1.82, 2.24) is 9.47 Å². The van der Waals surface area contributed by atoms with Crippen molar-refractivity contribution in [3.8, 4) is 5.00 Å². The lowest BCUT2D eigenvalue weighted by atomic mass is 9.95. The van der Waals surface area contributed by atoms with Gasteiger partial charge in [-0.15, -0.1) is 11.3 Å². The Hall–Kier alpha value is -3.56. The molecule has 0 N–H and O–H groups in total. The van der Waals surface area contributed by atoms with Crippen LogP contribution in [-0.4, -0.2) is 45.5 Å². The zero-order valence-corrected chi connectivity index (χ0v) is 24.9. The van der Waals surface area contributed by atoms with E-state index in [4.69, 9.17) is 17.0 Å². The van der Waals surface area contributed by atoms with E-state index in [1.165, 1.54) is 14.7 Å². The summed E-state index contributed by atoms with van der Waals surface area (Å²) in [5, 5.41) is 1.03. The molecule has 1 aliphatic heterocycles. The van der Waals surface area contributed by atoms with Gasteiger partial charge in [0.05, 0.1) is 17.9 Å². The average Bonchev–Trinajstić information content (AvgIpc) is 3.45. The number of hydrogen-bond acceptors (Lipinski definition) is 6. The fourth-order valence-corrected chi connectivity index (χ4v) is 7.38. The average molecular weight is 576 g/mol. The number of nitrogens with zero attached hydrogens (tertiary/aromatic N) is 3. The first-order chi connectivity index (χ1) is 19.3. The molecule has 2 amide bonds. The quantitative estimate of drug-likeness (QED) is 0.146. The molecule has 0 atom stereocenters. The van der Waals surface area contributed by atoms with E-state index in [-0.39, 0.29) is 16.7 Å². The van der Waals surface area contributed by atoms with Crippen LogP contribution in [0.1, 0.15) is 70.9 Å². The van der Waals surface area contributed by atoms with Gasteiger partial charge < -0.3 is 9.30 Å². The first-order valence-corrected chi connectivity index (χ1v) is 15.0. The van der Waals surface area contributed by atoms with Crippen molar-refractivity contribution in [2.75, 3.05) is 18.1 Å². The van der Waals surface area contributed by atoms with Gasteiger partial charge in [-0.2, -0.15) is 0 Å². The number of aryl methyl sites for hydroxylation is 2. The standard InChI is InChI=1S/C31H33N3O4S2/c1-5-16-32-27(35)24(28(36)34(31(32)39)22-12-8-7-9-13-22)18-21-17-19(3)33(20(21)4)29-26(30(37)38-6-2)23-14-10-11-15-25(23)40-29/h7-9,12-13,17-18H,5-6,10-11,14-16H2,1-4H3/b24-18-. The third-order valence-electron chi connectivity index (χ3n) is 7.40. The van der Waals surface area contributed by atoms with Crippen LogP contribution in [-0.2, 0) is 27.2 Å². The SMILES string of the molecule is CCCN1C(=O)/C(=C/c2cc(C)n(-c3sc4c(c3C(=O)OCC)CCCC4)c2C)C(=O)N(c2ccccc2)C1=S. The summed E-state index contributed by atoms with van der Waals surface area (Å²) in [4.78, 5) is 44.7. The molecule has 1 aromatic carbocycles. The van der Waals surface area contributed by atoms with Crippen LogP contribution < -0.4 is 4.90 Å². The maximum absolute atomic E-state index is 13.8. The normalized spacial score (nSPS) is 16.6. The molecule has 1 fully saturated rings. The van der Waals surface area contributed by atoms with Crippen LogP contribution >= 0.6 is 23.6 Å². The van der Waals surface area contributed by atoms with Crippen LogP contribution in [0.5, 0.6) is 0 Å². The maximum Gasteiger partial charge on any atom is 0.341 e. The molecule has 2 aromatic heterocycles. The Balaban J connectivity index is 1.62. The van der Waals surface area contributed by atoms with Crippen molar-refractivity contribution in [2.45, 2.75) is 59.8 Å². The summed E-state index contributed by atoms with van der Waals surface area (Å²) in [5.74, 6) is -1.14. The van der Waals surface area contributed by atoms with Crippen molar-refractivity contribution in [1.29, 1.82) is 0 Å². The van der Waals surface area contributed by atoms with Gasteiger partial charge in [-0.05, 0) is 100 Å². The summed E-state index contributed by atoms with van der Waals surface area (Å²) in [5.41, 5.74) is 4.90. The van der Waals surface area contributed by atoms with Crippen LogP contribution in [0.25, 0.3) is 11.1 Å². The molecule has 2 aliphatic rings. The highest BCUT2D eigenvalue weighted by molar-refractivity contribution is 7.80. The number of ether oxygens (including phenoxy) is 1. The largest absolute Gasteiger partial charge is 0.462 e. The van der Waals surface area contributed by atoms with Crippen LogP contribution in [0.3, 0.4) is 0 Å². The monoisotopic (exact) mass is 575 g/mol. The van der Waals surface area contributed by atoms with Gasteiger partial charge in [-0.3, -0.25) is 19.4 Å². The van der Waals surface area contributed by atoms with Crippen LogP contribution in [0, 0.1) is 13.8 Å². The number of carbonyl (C=O) groups excluding carboxylic acids is 3. The molecule has 5 rings (SSSR count). The first-order valence-electron chi connectivity index (χ1n) is 13.8. The summed E-state index contributed by atoms with van der Waals surface area (Å²) in [6, 6.07) is 11.1. The van der Waals surface area contributed by atoms with E-state index in [0.29, 0.717) is 30.8 Å². The third kappa shape index (κ3) is 4.81. The predicted octanol–water partition coefficient (Wildman–Crippen LogP) is 6.16. The Morgan fingerprint density at radius 2 is 1.80 bits per heavy atom. The third-order valence-corrected chi connectivity index (χ3v) is 9.08. The van der Waals surface area contributed by atoms with Crippen molar-refractivity contribution in [3.05, 3.63) is 74.9 Å². The zero-order valence-electron chi connectivity index (χ0n) is 23.3. The molecular weight excluding hydrogens is 542 g/mol. The van der Waals surface area contributed by atoms with E-state index in [1.54, 1.807) is 17.4 Å². The topological polar surface area (TPSA) is 71.9 Å². The van der Waals surface area contributed by atoms with Crippen LogP contribution in [0.15, 0.2) is 42.0 Å². The number of esters is 1. The van der Waals surface area contributed by atoms with E-state index in [2.05, 4.69) is 4.57 Å². The lowest BCUT2D eigenvalue weighted by Gasteiger charge is -2.36. The van der Waals surface area contributed by atoms with Gasteiger partial charge in [-0.25, -0.2) is 4.79 Å². The highest BCUT2D eigenvalue weighted by Crippen LogP contribution is 2.39. The Labute approximate surface area is 244 Å². The molecule has 40 heavy (non-hydrogen) atoms.